The van der Waals surface area contributed by atoms with Gasteiger partial charge in [-0.2, -0.15) is 0 Å². The van der Waals surface area contributed by atoms with E-state index < -0.39 is 4.92 Å². The third-order valence-electron chi connectivity index (χ3n) is 3.41. The molecule has 0 unspecified atom stereocenters. The molecule has 0 spiro atoms. The van der Waals surface area contributed by atoms with Crippen LogP contribution in [0, 0.1) is 10.1 Å². The number of carbonyl (C=O) groups is 1. The number of benzene rings is 1. The van der Waals surface area contributed by atoms with Gasteiger partial charge in [-0.1, -0.05) is 12.1 Å². The fourth-order valence-electron chi connectivity index (χ4n) is 2.37. The van der Waals surface area contributed by atoms with Crippen LogP contribution in [0.4, 0.5) is 5.69 Å². The highest BCUT2D eigenvalue weighted by Crippen LogP contribution is 2.20. The molecule has 6 nitrogen and oxygen atoms in total. The van der Waals surface area contributed by atoms with Crippen molar-refractivity contribution in [3.05, 3.63) is 46.0 Å². The molecule has 1 amide bonds. The molecule has 1 aromatic rings. The van der Waals surface area contributed by atoms with Gasteiger partial charge in [0, 0.05) is 18.7 Å². The summed E-state index contributed by atoms with van der Waals surface area (Å²) in [5, 5.41) is 20.0. The van der Waals surface area contributed by atoms with E-state index in [-0.39, 0.29) is 24.2 Å². The predicted octanol–water partition coefficient (Wildman–Crippen LogP) is 1.59. The standard InChI is InChI=1S/C14H16N2O4/c17-10-12-5-3-9-15(12)14(18)8-7-11-4-1-2-6-13(11)16(19)20/h1-2,4,6-8,12,17H,3,5,9-10H2/t12-/m1/s1. The van der Waals surface area contributed by atoms with Crippen LogP contribution in [-0.4, -0.2) is 40.0 Å². The Balaban J connectivity index is 2.13. The molecule has 106 valence electrons. The van der Waals surface area contributed by atoms with Crippen LogP contribution in [0.15, 0.2) is 30.3 Å². The first-order chi connectivity index (χ1) is 9.63. The molecule has 0 radical (unpaired) electrons. The van der Waals surface area contributed by atoms with E-state index in [1.165, 1.54) is 18.2 Å². The predicted molar refractivity (Wildman–Crippen MR) is 74.0 cm³/mol. The normalized spacial score (nSPS) is 18.6. The molecule has 1 N–H and O–H groups in total. The van der Waals surface area contributed by atoms with Crippen molar-refractivity contribution in [3.63, 3.8) is 0 Å². The highest BCUT2D eigenvalue weighted by atomic mass is 16.6. The number of carbonyl (C=O) groups excluding carboxylic acids is 1. The van der Waals surface area contributed by atoms with Crippen LogP contribution >= 0.6 is 0 Å². The number of para-hydroxylation sites is 1. The fourth-order valence-corrected chi connectivity index (χ4v) is 2.37. The van der Waals surface area contributed by atoms with Gasteiger partial charge in [0.2, 0.25) is 5.91 Å². The number of aliphatic hydroxyl groups is 1. The summed E-state index contributed by atoms with van der Waals surface area (Å²) >= 11 is 0. The monoisotopic (exact) mass is 276 g/mol. The van der Waals surface area contributed by atoms with Crippen molar-refractivity contribution in [1.82, 2.24) is 4.90 Å². The van der Waals surface area contributed by atoms with E-state index >= 15 is 0 Å². The zero-order valence-corrected chi connectivity index (χ0v) is 10.9. The Labute approximate surface area is 116 Å². The first kappa shape index (κ1) is 14.2. The molecular weight excluding hydrogens is 260 g/mol. The van der Waals surface area contributed by atoms with Gasteiger partial charge in [-0.3, -0.25) is 14.9 Å². The van der Waals surface area contributed by atoms with Crippen LogP contribution in [0.3, 0.4) is 0 Å². The van der Waals surface area contributed by atoms with Gasteiger partial charge in [0.15, 0.2) is 0 Å². The third-order valence-corrected chi connectivity index (χ3v) is 3.41. The van der Waals surface area contributed by atoms with E-state index in [9.17, 15) is 20.0 Å². The average Bonchev–Trinajstić information content (AvgIpc) is 2.93. The Hall–Kier alpha value is -2.21. The van der Waals surface area contributed by atoms with Crippen molar-refractivity contribution in [2.75, 3.05) is 13.2 Å². The van der Waals surface area contributed by atoms with Crippen molar-refractivity contribution in [2.45, 2.75) is 18.9 Å². The van der Waals surface area contributed by atoms with Crippen LogP contribution in [0.1, 0.15) is 18.4 Å². The molecule has 20 heavy (non-hydrogen) atoms. The van der Waals surface area contributed by atoms with E-state index in [1.807, 2.05) is 0 Å². The summed E-state index contributed by atoms with van der Waals surface area (Å²) in [5.74, 6) is -0.222. The summed E-state index contributed by atoms with van der Waals surface area (Å²) in [6.07, 6.45) is 4.45. The van der Waals surface area contributed by atoms with Gasteiger partial charge in [0.05, 0.1) is 23.1 Å². The van der Waals surface area contributed by atoms with Crippen molar-refractivity contribution >= 4 is 17.7 Å². The maximum Gasteiger partial charge on any atom is 0.276 e. The summed E-state index contributed by atoms with van der Waals surface area (Å²) < 4.78 is 0. The topological polar surface area (TPSA) is 83.7 Å². The molecule has 1 aromatic carbocycles. The SMILES string of the molecule is O=C(C=Cc1ccccc1[N+](=O)[O-])N1CCC[C@@H]1CO. The van der Waals surface area contributed by atoms with Crippen molar-refractivity contribution in [3.8, 4) is 0 Å². The molecule has 1 saturated heterocycles. The Morgan fingerprint density at radius 1 is 1.50 bits per heavy atom. The number of likely N-dealkylation sites (tertiary alicyclic amines) is 1. The molecule has 0 aromatic heterocycles. The maximum atomic E-state index is 12.0. The fraction of sp³-hybridized carbons (Fsp3) is 0.357. The van der Waals surface area contributed by atoms with Crippen LogP contribution in [0.5, 0.6) is 0 Å². The van der Waals surface area contributed by atoms with Gasteiger partial charge in [-0.25, -0.2) is 0 Å². The van der Waals surface area contributed by atoms with Gasteiger partial charge in [-0.05, 0) is 25.0 Å². The minimum atomic E-state index is -0.476. The number of aliphatic hydroxyl groups excluding tert-OH is 1. The van der Waals surface area contributed by atoms with Crippen molar-refractivity contribution < 1.29 is 14.8 Å². The Morgan fingerprint density at radius 2 is 2.25 bits per heavy atom. The van der Waals surface area contributed by atoms with E-state index in [4.69, 9.17) is 0 Å². The number of nitro groups is 1. The number of nitrogens with zero attached hydrogens (tertiary/aromatic N) is 2. The summed E-state index contributed by atoms with van der Waals surface area (Å²) in [7, 11) is 0. The first-order valence-electron chi connectivity index (χ1n) is 6.46. The van der Waals surface area contributed by atoms with Gasteiger partial charge < -0.3 is 10.0 Å². The van der Waals surface area contributed by atoms with Crippen LogP contribution in [0.2, 0.25) is 0 Å². The molecule has 0 aliphatic carbocycles. The zero-order valence-electron chi connectivity index (χ0n) is 10.9. The summed E-state index contributed by atoms with van der Waals surface area (Å²) in [5.41, 5.74) is 0.363. The second-order valence-corrected chi connectivity index (χ2v) is 4.66. The molecule has 1 atom stereocenters. The summed E-state index contributed by atoms with van der Waals surface area (Å²) in [6, 6.07) is 6.12. The Kier molecular flexibility index (Phi) is 4.47. The summed E-state index contributed by atoms with van der Waals surface area (Å²) in [4.78, 5) is 24.0. The molecule has 1 aliphatic rings. The van der Waals surface area contributed by atoms with E-state index in [1.54, 1.807) is 23.1 Å². The Morgan fingerprint density at radius 3 is 2.95 bits per heavy atom. The zero-order chi connectivity index (χ0) is 14.5. The highest BCUT2D eigenvalue weighted by Gasteiger charge is 2.26. The van der Waals surface area contributed by atoms with Crippen LogP contribution in [-0.2, 0) is 4.79 Å². The molecule has 0 saturated carbocycles. The van der Waals surface area contributed by atoms with Crippen molar-refractivity contribution in [1.29, 1.82) is 0 Å². The first-order valence-corrected chi connectivity index (χ1v) is 6.46. The Bertz CT molecular complexity index is 542. The van der Waals surface area contributed by atoms with E-state index in [2.05, 4.69) is 0 Å². The van der Waals surface area contributed by atoms with E-state index in [0.717, 1.165) is 12.8 Å². The maximum absolute atomic E-state index is 12.0. The van der Waals surface area contributed by atoms with Crippen LogP contribution in [0.25, 0.3) is 6.08 Å². The van der Waals surface area contributed by atoms with Gasteiger partial charge in [0.1, 0.15) is 0 Å². The molecule has 1 aliphatic heterocycles. The third kappa shape index (κ3) is 3.03. The lowest BCUT2D eigenvalue weighted by Gasteiger charge is -2.21. The number of hydrogen-bond donors (Lipinski definition) is 1. The van der Waals surface area contributed by atoms with Gasteiger partial charge in [0.25, 0.3) is 5.69 Å². The molecular formula is C14H16N2O4. The number of hydrogen-bond acceptors (Lipinski definition) is 4. The molecule has 6 heteroatoms. The molecule has 0 bridgehead atoms. The summed E-state index contributed by atoms with van der Waals surface area (Å²) in [6.45, 7) is 0.566. The minimum Gasteiger partial charge on any atom is -0.394 e. The minimum absolute atomic E-state index is 0.0309. The smallest absolute Gasteiger partial charge is 0.276 e. The van der Waals surface area contributed by atoms with Gasteiger partial charge in [-0.15, -0.1) is 0 Å². The number of nitro benzene ring substituents is 1. The van der Waals surface area contributed by atoms with Crippen molar-refractivity contribution in [2.24, 2.45) is 0 Å². The second kappa shape index (κ2) is 6.29. The molecule has 1 heterocycles. The lowest BCUT2D eigenvalue weighted by molar-refractivity contribution is -0.385. The lowest BCUT2D eigenvalue weighted by Crippen LogP contribution is -2.36. The number of amides is 1. The number of rotatable bonds is 4. The quantitative estimate of drug-likeness (QED) is 0.514. The second-order valence-electron chi connectivity index (χ2n) is 4.66. The largest absolute Gasteiger partial charge is 0.394 e. The van der Waals surface area contributed by atoms with Gasteiger partial charge >= 0.3 is 0 Å². The van der Waals surface area contributed by atoms with E-state index in [0.29, 0.717) is 12.1 Å². The molecule has 1 fully saturated rings. The average molecular weight is 276 g/mol. The van der Waals surface area contributed by atoms with Crippen LogP contribution < -0.4 is 0 Å². The highest BCUT2D eigenvalue weighted by molar-refractivity contribution is 5.92. The molecule has 2 rings (SSSR count). The lowest BCUT2D eigenvalue weighted by atomic mass is 10.1.